The quantitative estimate of drug-likeness (QED) is 0.894. The van der Waals surface area contributed by atoms with Crippen LogP contribution in [0.5, 0.6) is 0 Å². The van der Waals surface area contributed by atoms with Gasteiger partial charge in [0.2, 0.25) is 0 Å². The standard InChI is InChI=1S/C17H28N2O/c1-14(2)13-18-9-11-19(12-10-18)15(3)17(20)16-7-5-4-6-8-16/h4-8,14-15,17,20H,9-13H2,1-3H3. The molecule has 112 valence electrons. The summed E-state index contributed by atoms with van der Waals surface area (Å²) < 4.78 is 0. The van der Waals surface area contributed by atoms with Crippen molar-refractivity contribution in [3.63, 3.8) is 0 Å². The van der Waals surface area contributed by atoms with Crippen molar-refractivity contribution in [3.8, 4) is 0 Å². The molecule has 1 N–H and O–H groups in total. The first-order valence-electron chi connectivity index (χ1n) is 7.77. The van der Waals surface area contributed by atoms with E-state index in [-0.39, 0.29) is 6.04 Å². The lowest BCUT2D eigenvalue weighted by molar-refractivity contribution is 0.0239. The molecule has 1 heterocycles. The zero-order valence-electron chi connectivity index (χ0n) is 13.0. The summed E-state index contributed by atoms with van der Waals surface area (Å²) in [5, 5.41) is 10.5. The summed E-state index contributed by atoms with van der Waals surface area (Å²) in [5.74, 6) is 0.730. The number of aliphatic hydroxyl groups excluding tert-OH is 1. The lowest BCUT2D eigenvalue weighted by atomic mass is 10.0. The summed E-state index contributed by atoms with van der Waals surface area (Å²) in [4.78, 5) is 4.94. The van der Waals surface area contributed by atoms with Crippen LogP contribution in [0.1, 0.15) is 32.4 Å². The Morgan fingerprint density at radius 2 is 1.60 bits per heavy atom. The largest absolute Gasteiger partial charge is 0.387 e. The summed E-state index contributed by atoms with van der Waals surface area (Å²) in [6.07, 6.45) is -0.396. The lowest BCUT2D eigenvalue weighted by Crippen LogP contribution is -2.51. The Labute approximate surface area is 123 Å². The fourth-order valence-electron chi connectivity index (χ4n) is 3.00. The Kier molecular flexibility index (Phi) is 5.58. The van der Waals surface area contributed by atoms with Crippen LogP contribution in [0.3, 0.4) is 0 Å². The summed E-state index contributed by atoms with van der Waals surface area (Å²) >= 11 is 0. The molecule has 1 aromatic rings. The van der Waals surface area contributed by atoms with Gasteiger partial charge in [-0.15, -0.1) is 0 Å². The van der Waals surface area contributed by atoms with Crippen molar-refractivity contribution in [1.29, 1.82) is 0 Å². The number of hydrogen-bond acceptors (Lipinski definition) is 3. The third-order valence-electron chi connectivity index (χ3n) is 4.20. The average Bonchev–Trinajstić information content (AvgIpc) is 2.47. The minimum atomic E-state index is -0.396. The summed E-state index contributed by atoms with van der Waals surface area (Å²) in [6.45, 7) is 12.2. The van der Waals surface area contributed by atoms with Crippen LogP contribution in [-0.4, -0.2) is 53.7 Å². The van der Waals surface area contributed by atoms with E-state index >= 15 is 0 Å². The molecule has 0 saturated carbocycles. The summed E-state index contributed by atoms with van der Waals surface area (Å²) in [6, 6.07) is 10.2. The Morgan fingerprint density at radius 1 is 1.00 bits per heavy atom. The van der Waals surface area contributed by atoms with Gasteiger partial charge in [-0.3, -0.25) is 4.90 Å². The highest BCUT2D eigenvalue weighted by atomic mass is 16.3. The molecule has 2 atom stereocenters. The van der Waals surface area contributed by atoms with E-state index in [0.717, 1.165) is 37.7 Å². The second-order valence-corrected chi connectivity index (χ2v) is 6.33. The van der Waals surface area contributed by atoms with Gasteiger partial charge in [-0.2, -0.15) is 0 Å². The minimum Gasteiger partial charge on any atom is -0.387 e. The van der Waals surface area contributed by atoms with E-state index in [4.69, 9.17) is 0 Å². The van der Waals surface area contributed by atoms with E-state index in [1.54, 1.807) is 0 Å². The first-order chi connectivity index (χ1) is 9.58. The van der Waals surface area contributed by atoms with Gasteiger partial charge in [-0.05, 0) is 18.4 Å². The predicted octanol–water partition coefficient (Wildman–Crippen LogP) is 2.38. The Hall–Kier alpha value is -0.900. The van der Waals surface area contributed by atoms with Crippen molar-refractivity contribution in [3.05, 3.63) is 35.9 Å². The van der Waals surface area contributed by atoms with Crippen molar-refractivity contribution < 1.29 is 5.11 Å². The molecule has 2 unspecified atom stereocenters. The van der Waals surface area contributed by atoms with Crippen LogP contribution in [0, 0.1) is 5.92 Å². The molecule has 2 rings (SSSR count). The van der Waals surface area contributed by atoms with E-state index in [2.05, 4.69) is 30.6 Å². The molecule has 1 aliphatic heterocycles. The maximum atomic E-state index is 10.5. The van der Waals surface area contributed by atoms with Gasteiger partial charge in [0, 0.05) is 38.8 Å². The van der Waals surface area contributed by atoms with Crippen molar-refractivity contribution in [1.82, 2.24) is 9.80 Å². The fraction of sp³-hybridized carbons (Fsp3) is 0.647. The first-order valence-corrected chi connectivity index (χ1v) is 7.77. The highest BCUT2D eigenvalue weighted by Crippen LogP contribution is 2.21. The molecular weight excluding hydrogens is 248 g/mol. The van der Waals surface area contributed by atoms with E-state index in [1.165, 1.54) is 6.54 Å². The fourth-order valence-corrected chi connectivity index (χ4v) is 3.00. The highest BCUT2D eigenvalue weighted by Gasteiger charge is 2.26. The second-order valence-electron chi connectivity index (χ2n) is 6.33. The normalized spacial score (nSPS) is 21.1. The van der Waals surface area contributed by atoms with Crippen LogP contribution in [0.2, 0.25) is 0 Å². The van der Waals surface area contributed by atoms with Crippen molar-refractivity contribution in [2.45, 2.75) is 32.9 Å². The molecule has 0 aromatic heterocycles. The van der Waals surface area contributed by atoms with Crippen LogP contribution in [0.25, 0.3) is 0 Å². The number of hydrogen-bond donors (Lipinski definition) is 1. The van der Waals surface area contributed by atoms with E-state index in [1.807, 2.05) is 30.3 Å². The van der Waals surface area contributed by atoms with Gasteiger partial charge in [-0.1, -0.05) is 44.2 Å². The van der Waals surface area contributed by atoms with Gasteiger partial charge in [0.05, 0.1) is 6.10 Å². The van der Waals surface area contributed by atoms with Crippen LogP contribution < -0.4 is 0 Å². The highest BCUT2D eigenvalue weighted by molar-refractivity contribution is 5.18. The molecule has 0 radical (unpaired) electrons. The monoisotopic (exact) mass is 276 g/mol. The topological polar surface area (TPSA) is 26.7 Å². The second kappa shape index (κ2) is 7.21. The van der Waals surface area contributed by atoms with Crippen molar-refractivity contribution >= 4 is 0 Å². The Balaban J connectivity index is 1.87. The van der Waals surface area contributed by atoms with Crippen LogP contribution in [0.4, 0.5) is 0 Å². The average molecular weight is 276 g/mol. The van der Waals surface area contributed by atoms with Gasteiger partial charge in [0.1, 0.15) is 0 Å². The molecule has 1 saturated heterocycles. The minimum absolute atomic E-state index is 0.179. The molecule has 0 aliphatic carbocycles. The van der Waals surface area contributed by atoms with Crippen molar-refractivity contribution in [2.75, 3.05) is 32.7 Å². The summed E-state index contributed by atoms with van der Waals surface area (Å²) in [7, 11) is 0. The molecular formula is C17H28N2O. The molecule has 1 fully saturated rings. The van der Waals surface area contributed by atoms with E-state index in [9.17, 15) is 5.11 Å². The molecule has 0 bridgehead atoms. The number of piperazine rings is 1. The smallest absolute Gasteiger partial charge is 0.0942 e. The maximum Gasteiger partial charge on any atom is 0.0942 e. The molecule has 1 aliphatic rings. The number of rotatable bonds is 5. The first kappa shape index (κ1) is 15.5. The van der Waals surface area contributed by atoms with Gasteiger partial charge in [0.15, 0.2) is 0 Å². The van der Waals surface area contributed by atoms with Crippen LogP contribution in [0.15, 0.2) is 30.3 Å². The molecule has 3 nitrogen and oxygen atoms in total. The SMILES string of the molecule is CC(C)CN1CCN(C(C)C(O)c2ccccc2)CC1. The van der Waals surface area contributed by atoms with Gasteiger partial charge in [0.25, 0.3) is 0 Å². The zero-order chi connectivity index (χ0) is 14.5. The van der Waals surface area contributed by atoms with Crippen LogP contribution >= 0.6 is 0 Å². The molecule has 20 heavy (non-hydrogen) atoms. The number of benzene rings is 1. The zero-order valence-corrected chi connectivity index (χ0v) is 13.0. The van der Waals surface area contributed by atoms with Crippen LogP contribution in [-0.2, 0) is 0 Å². The Bertz CT molecular complexity index is 385. The molecule has 0 amide bonds. The molecule has 1 aromatic carbocycles. The van der Waals surface area contributed by atoms with Crippen molar-refractivity contribution in [2.24, 2.45) is 5.92 Å². The van der Waals surface area contributed by atoms with Gasteiger partial charge < -0.3 is 10.0 Å². The van der Waals surface area contributed by atoms with E-state index < -0.39 is 6.10 Å². The van der Waals surface area contributed by atoms with Gasteiger partial charge in [-0.25, -0.2) is 0 Å². The lowest BCUT2D eigenvalue weighted by Gasteiger charge is -2.40. The van der Waals surface area contributed by atoms with Gasteiger partial charge >= 0.3 is 0 Å². The number of aliphatic hydroxyl groups is 1. The Morgan fingerprint density at radius 3 is 2.15 bits per heavy atom. The molecule has 0 spiro atoms. The molecule has 3 heteroatoms. The third-order valence-corrected chi connectivity index (χ3v) is 4.20. The number of nitrogens with zero attached hydrogens (tertiary/aromatic N) is 2. The van der Waals surface area contributed by atoms with E-state index in [0.29, 0.717) is 0 Å². The summed E-state index contributed by atoms with van der Waals surface area (Å²) in [5.41, 5.74) is 1.02. The third kappa shape index (κ3) is 4.05. The predicted molar refractivity (Wildman–Crippen MR) is 83.7 cm³/mol. The maximum absolute atomic E-state index is 10.5.